The van der Waals surface area contributed by atoms with Crippen molar-refractivity contribution in [3.8, 4) is 0 Å². The van der Waals surface area contributed by atoms with Crippen molar-refractivity contribution < 1.29 is 0 Å². The standard InChI is InChI=1S/C4H8N2/c1-3-4(6-3)2-5-1/h3-6H,1-2H2/t3-,4?/m0/s1. The Morgan fingerprint density at radius 3 is 2.00 bits per heavy atom. The van der Waals surface area contributed by atoms with E-state index in [1.165, 1.54) is 13.1 Å². The summed E-state index contributed by atoms with van der Waals surface area (Å²) >= 11 is 0. The van der Waals surface area contributed by atoms with Gasteiger partial charge in [0.1, 0.15) is 0 Å². The Balaban J connectivity index is 2.09. The van der Waals surface area contributed by atoms with Gasteiger partial charge in [0, 0.05) is 25.2 Å². The molecule has 0 radical (unpaired) electrons. The second-order valence-electron chi connectivity index (χ2n) is 2.04. The van der Waals surface area contributed by atoms with Crippen molar-refractivity contribution in [3.05, 3.63) is 0 Å². The summed E-state index contributed by atoms with van der Waals surface area (Å²) in [5.74, 6) is 0. The molecule has 2 N–H and O–H groups in total. The van der Waals surface area contributed by atoms with E-state index in [0.29, 0.717) is 0 Å². The molecule has 2 fully saturated rings. The van der Waals surface area contributed by atoms with Crippen LogP contribution in [0.2, 0.25) is 0 Å². The van der Waals surface area contributed by atoms with E-state index in [4.69, 9.17) is 0 Å². The van der Waals surface area contributed by atoms with Crippen molar-refractivity contribution >= 4 is 0 Å². The Labute approximate surface area is 36.9 Å². The summed E-state index contributed by atoms with van der Waals surface area (Å²) in [4.78, 5) is 0. The van der Waals surface area contributed by atoms with Gasteiger partial charge in [0.25, 0.3) is 0 Å². The summed E-state index contributed by atoms with van der Waals surface area (Å²) in [5, 5.41) is 6.56. The minimum absolute atomic E-state index is 0.852. The average molecular weight is 84.1 g/mol. The van der Waals surface area contributed by atoms with Gasteiger partial charge in [-0.15, -0.1) is 0 Å². The van der Waals surface area contributed by atoms with Crippen LogP contribution in [-0.2, 0) is 0 Å². The third kappa shape index (κ3) is 0.235. The van der Waals surface area contributed by atoms with E-state index in [0.717, 1.165) is 12.1 Å². The van der Waals surface area contributed by atoms with Crippen LogP contribution in [0.15, 0.2) is 0 Å². The van der Waals surface area contributed by atoms with Crippen molar-refractivity contribution in [2.45, 2.75) is 12.1 Å². The molecule has 0 aliphatic carbocycles. The molecule has 2 atom stereocenters. The fourth-order valence-electron chi connectivity index (χ4n) is 1.02. The minimum Gasteiger partial charge on any atom is -0.314 e. The zero-order chi connectivity index (χ0) is 3.98. The fourth-order valence-corrected chi connectivity index (χ4v) is 1.02. The molecular weight excluding hydrogens is 76.1 g/mol. The first-order valence-electron chi connectivity index (χ1n) is 2.43. The summed E-state index contributed by atoms with van der Waals surface area (Å²) in [6.07, 6.45) is 0. The lowest BCUT2D eigenvalue weighted by atomic mass is 10.4. The highest BCUT2D eigenvalue weighted by Crippen LogP contribution is 2.12. The van der Waals surface area contributed by atoms with E-state index in [1.807, 2.05) is 0 Å². The Morgan fingerprint density at radius 1 is 1.17 bits per heavy atom. The van der Waals surface area contributed by atoms with Crippen molar-refractivity contribution in [3.63, 3.8) is 0 Å². The Morgan fingerprint density at radius 2 is 1.83 bits per heavy atom. The number of fused-ring (bicyclic) bond motifs is 1. The van der Waals surface area contributed by atoms with Gasteiger partial charge in [-0.2, -0.15) is 0 Å². The molecule has 34 valence electrons. The maximum atomic E-state index is 3.31. The molecule has 2 heteroatoms. The molecule has 2 heterocycles. The monoisotopic (exact) mass is 84.1 g/mol. The van der Waals surface area contributed by atoms with E-state index >= 15 is 0 Å². The SMILES string of the molecule is C1NC[C@@H]2NC12. The molecule has 0 amide bonds. The Hall–Kier alpha value is -0.0800. The first-order chi connectivity index (χ1) is 2.97. The lowest BCUT2D eigenvalue weighted by molar-refractivity contribution is 0.737. The Bertz CT molecular complexity index is 63.9. The van der Waals surface area contributed by atoms with Crippen molar-refractivity contribution in [1.29, 1.82) is 0 Å². The summed E-state index contributed by atoms with van der Waals surface area (Å²) in [7, 11) is 0. The maximum Gasteiger partial charge on any atom is 0.0362 e. The second-order valence-corrected chi connectivity index (χ2v) is 2.04. The van der Waals surface area contributed by atoms with Crippen LogP contribution in [0.4, 0.5) is 0 Å². The molecule has 0 saturated carbocycles. The molecule has 0 aromatic heterocycles. The van der Waals surface area contributed by atoms with Gasteiger partial charge in [-0.3, -0.25) is 0 Å². The van der Waals surface area contributed by atoms with Gasteiger partial charge in [0.15, 0.2) is 0 Å². The predicted molar refractivity (Wildman–Crippen MR) is 23.6 cm³/mol. The van der Waals surface area contributed by atoms with Crippen LogP contribution in [0.5, 0.6) is 0 Å². The third-order valence-corrected chi connectivity index (χ3v) is 1.53. The smallest absolute Gasteiger partial charge is 0.0362 e. The number of hydrogen-bond acceptors (Lipinski definition) is 2. The van der Waals surface area contributed by atoms with Gasteiger partial charge in [-0.25, -0.2) is 0 Å². The molecule has 0 aromatic rings. The molecule has 2 rings (SSSR count). The van der Waals surface area contributed by atoms with E-state index in [9.17, 15) is 0 Å². The quantitative estimate of drug-likeness (QED) is 0.366. The number of hydrogen-bond donors (Lipinski definition) is 2. The zero-order valence-electron chi connectivity index (χ0n) is 3.57. The lowest BCUT2D eigenvalue weighted by Gasteiger charge is -1.88. The van der Waals surface area contributed by atoms with Crippen molar-refractivity contribution in [2.24, 2.45) is 0 Å². The molecule has 6 heavy (non-hydrogen) atoms. The number of piperazine rings is 1. The topological polar surface area (TPSA) is 34.0 Å². The van der Waals surface area contributed by atoms with Crippen LogP contribution in [-0.4, -0.2) is 25.2 Å². The van der Waals surface area contributed by atoms with Crippen LogP contribution >= 0.6 is 0 Å². The average Bonchev–Trinajstić information content (AvgIpc) is 2.17. The highest BCUT2D eigenvalue weighted by Gasteiger charge is 2.39. The maximum absolute atomic E-state index is 3.31. The van der Waals surface area contributed by atoms with Crippen molar-refractivity contribution in [2.75, 3.05) is 13.1 Å². The highest BCUT2D eigenvalue weighted by molar-refractivity contribution is 5.05. The normalized spacial score (nSPS) is 52.0. The largest absolute Gasteiger partial charge is 0.314 e. The second kappa shape index (κ2) is 0.768. The van der Waals surface area contributed by atoms with E-state index in [-0.39, 0.29) is 0 Å². The number of nitrogens with one attached hydrogen (secondary N) is 2. The fraction of sp³-hybridized carbons (Fsp3) is 1.00. The third-order valence-electron chi connectivity index (χ3n) is 1.53. The molecular formula is C4H8N2. The summed E-state index contributed by atoms with van der Waals surface area (Å²) in [5.41, 5.74) is 0. The Kier molecular flexibility index (Phi) is 0.383. The van der Waals surface area contributed by atoms with Crippen LogP contribution in [0.3, 0.4) is 0 Å². The molecule has 2 aliphatic heterocycles. The van der Waals surface area contributed by atoms with Crippen LogP contribution in [0.1, 0.15) is 0 Å². The predicted octanol–water partition coefficient (Wildman–Crippen LogP) is -1.07. The minimum atomic E-state index is 0.852. The van der Waals surface area contributed by atoms with Crippen LogP contribution < -0.4 is 10.6 Å². The highest BCUT2D eigenvalue weighted by atomic mass is 15.2. The van der Waals surface area contributed by atoms with E-state index < -0.39 is 0 Å². The van der Waals surface area contributed by atoms with E-state index in [2.05, 4.69) is 10.6 Å². The van der Waals surface area contributed by atoms with Gasteiger partial charge in [-0.05, 0) is 0 Å². The molecule has 0 spiro atoms. The number of rotatable bonds is 0. The van der Waals surface area contributed by atoms with Gasteiger partial charge < -0.3 is 10.6 Å². The molecule has 2 saturated heterocycles. The molecule has 0 aromatic carbocycles. The van der Waals surface area contributed by atoms with Crippen molar-refractivity contribution in [1.82, 2.24) is 10.6 Å². The van der Waals surface area contributed by atoms with Gasteiger partial charge in [-0.1, -0.05) is 0 Å². The molecule has 2 aliphatic rings. The summed E-state index contributed by atoms with van der Waals surface area (Å²) in [6, 6.07) is 1.70. The first-order valence-corrected chi connectivity index (χ1v) is 2.43. The zero-order valence-corrected chi connectivity index (χ0v) is 3.57. The summed E-state index contributed by atoms with van der Waals surface area (Å²) in [6.45, 7) is 2.40. The van der Waals surface area contributed by atoms with Gasteiger partial charge >= 0.3 is 0 Å². The molecule has 1 unspecified atom stereocenters. The van der Waals surface area contributed by atoms with Gasteiger partial charge in [0.05, 0.1) is 0 Å². The first kappa shape index (κ1) is 2.99. The van der Waals surface area contributed by atoms with Crippen LogP contribution in [0, 0.1) is 0 Å². The van der Waals surface area contributed by atoms with Gasteiger partial charge in [0.2, 0.25) is 0 Å². The lowest BCUT2D eigenvalue weighted by Crippen LogP contribution is -2.18. The van der Waals surface area contributed by atoms with E-state index in [1.54, 1.807) is 0 Å². The summed E-state index contributed by atoms with van der Waals surface area (Å²) < 4.78 is 0. The molecule has 0 bridgehead atoms. The van der Waals surface area contributed by atoms with Crippen LogP contribution in [0.25, 0.3) is 0 Å². The molecule has 2 nitrogen and oxygen atoms in total.